The van der Waals surface area contributed by atoms with Gasteiger partial charge in [-0.25, -0.2) is 9.97 Å². The van der Waals surface area contributed by atoms with Crippen molar-refractivity contribution in [2.75, 3.05) is 0 Å². The van der Waals surface area contributed by atoms with Gasteiger partial charge in [-0.1, -0.05) is 0 Å². The van der Waals surface area contributed by atoms with Gasteiger partial charge in [-0.05, 0) is 11.8 Å². The standard InChI is InChI=1S/C9H11N5S/c1-14-3-2-11-9(14)15-8-6-12-7(4-10)5-13-8/h2-3,5-6H,4,10H2,1H3. The molecule has 0 fully saturated rings. The minimum absolute atomic E-state index is 0.417. The third-order valence-corrected chi connectivity index (χ3v) is 2.86. The van der Waals surface area contributed by atoms with Crippen molar-refractivity contribution in [2.24, 2.45) is 12.8 Å². The SMILES string of the molecule is Cn1ccnc1Sc1cnc(CN)cn1. The maximum Gasteiger partial charge on any atom is 0.174 e. The molecule has 2 heterocycles. The van der Waals surface area contributed by atoms with Crippen molar-refractivity contribution in [3.8, 4) is 0 Å². The molecule has 0 amide bonds. The summed E-state index contributed by atoms with van der Waals surface area (Å²) >= 11 is 1.48. The monoisotopic (exact) mass is 221 g/mol. The summed E-state index contributed by atoms with van der Waals surface area (Å²) in [5.41, 5.74) is 6.23. The van der Waals surface area contributed by atoms with Crippen LogP contribution >= 0.6 is 11.8 Å². The predicted octanol–water partition coefficient (Wildman–Crippen LogP) is 0.820. The van der Waals surface area contributed by atoms with E-state index in [1.165, 1.54) is 11.8 Å². The molecular formula is C9H11N5S. The average molecular weight is 221 g/mol. The van der Waals surface area contributed by atoms with Crippen molar-refractivity contribution < 1.29 is 0 Å². The van der Waals surface area contributed by atoms with Crippen LogP contribution in [0.1, 0.15) is 5.69 Å². The van der Waals surface area contributed by atoms with Gasteiger partial charge >= 0.3 is 0 Å². The molecule has 15 heavy (non-hydrogen) atoms. The largest absolute Gasteiger partial charge is 0.329 e. The van der Waals surface area contributed by atoms with E-state index in [1.54, 1.807) is 18.6 Å². The quantitative estimate of drug-likeness (QED) is 0.831. The Labute approximate surface area is 91.8 Å². The first kappa shape index (κ1) is 10.1. The maximum absolute atomic E-state index is 5.43. The number of hydrogen-bond donors (Lipinski definition) is 1. The normalized spacial score (nSPS) is 10.5. The first-order valence-corrected chi connectivity index (χ1v) is 5.27. The number of aryl methyl sites for hydroxylation is 1. The number of hydrogen-bond acceptors (Lipinski definition) is 5. The summed E-state index contributed by atoms with van der Waals surface area (Å²) < 4.78 is 1.93. The lowest BCUT2D eigenvalue weighted by molar-refractivity contribution is 0.787. The van der Waals surface area contributed by atoms with Gasteiger partial charge in [0.15, 0.2) is 5.16 Å². The summed E-state index contributed by atoms with van der Waals surface area (Å²) in [5.74, 6) is 0. The molecule has 0 bridgehead atoms. The van der Waals surface area contributed by atoms with Crippen LogP contribution in [0, 0.1) is 0 Å². The highest BCUT2D eigenvalue weighted by molar-refractivity contribution is 7.99. The number of imidazole rings is 1. The van der Waals surface area contributed by atoms with E-state index < -0.39 is 0 Å². The van der Waals surface area contributed by atoms with Gasteiger partial charge in [0, 0.05) is 26.0 Å². The Hall–Kier alpha value is -1.40. The summed E-state index contributed by atoms with van der Waals surface area (Å²) in [4.78, 5) is 12.6. The van der Waals surface area contributed by atoms with E-state index in [0.717, 1.165) is 15.9 Å². The van der Waals surface area contributed by atoms with Crippen LogP contribution in [0.2, 0.25) is 0 Å². The van der Waals surface area contributed by atoms with Crippen LogP contribution in [0.4, 0.5) is 0 Å². The zero-order valence-corrected chi connectivity index (χ0v) is 9.11. The van der Waals surface area contributed by atoms with E-state index in [1.807, 2.05) is 17.8 Å². The van der Waals surface area contributed by atoms with Crippen LogP contribution in [0.5, 0.6) is 0 Å². The molecule has 0 aliphatic rings. The van der Waals surface area contributed by atoms with E-state index in [9.17, 15) is 0 Å². The van der Waals surface area contributed by atoms with Gasteiger partial charge in [-0.2, -0.15) is 0 Å². The second-order valence-electron chi connectivity index (χ2n) is 2.97. The van der Waals surface area contributed by atoms with E-state index in [-0.39, 0.29) is 0 Å². The first-order chi connectivity index (χ1) is 7.29. The molecule has 0 saturated heterocycles. The fourth-order valence-corrected chi connectivity index (χ4v) is 1.76. The van der Waals surface area contributed by atoms with E-state index >= 15 is 0 Å². The highest BCUT2D eigenvalue weighted by Crippen LogP contribution is 2.22. The second-order valence-corrected chi connectivity index (χ2v) is 3.96. The zero-order chi connectivity index (χ0) is 10.7. The third kappa shape index (κ3) is 2.34. The van der Waals surface area contributed by atoms with Crippen molar-refractivity contribution in [3.05, 3.63) is 30.5 Å². The number of rotatable bonds is 3. The zero-order valence-electron chi connectivity index (χ0n) is 8.29. The van der Waals surface area contributed by atoms with Crippen molar-refractivity contribution in [2.45, 2.75) is 16.7 Å². The molecule has 0 saturated carbocycles. The number of aromatic nitrogens is 4. The van der Waals surface area contributed by atoms with Crippen LogP contribution < -0.4 is 5.73 Å². The van der Waals surface area contributed by atoms with Crippen molar-refractivity contribution in [1.29, 1.82) is 0 Å². The maximum atomic E-state index is 5.43. The molecule has 0 unspecified atom stereocenters. The molecule has 2 rings (SSSR count). The Balaban J connectivity index is 2.14. The predicted molar refractivity (Wildman–Crippen MR) is 57.3 cm³/mol. The Morgan fingerprint density at radius 2 is 2.20 bits per heavy atom. The van der Waals surface area contributed by atoms with Crippen LogP contribution in [0.15, 0.2) is 35.0 Å². The Bertz CT molecular complexity index is 436. The van der Waals surface area contributed by atoms with Gasteiger partial charge in [-0.15, -0.1) is 0 Å². The summed E-state index contributed by atoms with van der Waals surface area (Å²) in [6.45, 7) is 0.417. The lowest BCUT2D eigenvalue weighted by Crippen LogP contribution is -2.00. The summed E-state index contributed by atoms with van der Waals surface area (Å²) in [7, 11) is 1.94. The van der Waals surface area contributed by atoms with Crippen molar-refractivity contribution in [1.82, 2.24) is 19.5 Å². The summed E-state index contributed by atoms with van der Waals surface area (Å²) in [6, 6.07) is 0. The summed E-state index contributed by atoms with van der Waals surface area (Å²) in [6.07, 6.45) is 7.04. The lowest BCUT2D eigenvalue weighted by Gasteiger charge is -2.00. The van der Waals surface area contributed by atoms with Gasteiger partial charge in [0.25, 0.3) is 0 Å². The Morgan fingerprint density at radius 1 is 1.33 bits per heavy atom. The van der Waals surface area contributed by atoms with E-state index in [4.69, 9.17) is 5.73 Å². The highest BCUT2D eigenvalue weighted by Gasteiger charge is 2.03. The van der Waals surface area contributed by atoms with Gasteiger partial charge in [0.05, 0.1) is 18.1 Å². The fraction of sp³-hybridized carbons (Fsp3) is 0.222. The van der Waals surface area contributed by atoms with Crippen molar-refractivity contribution in [3.63, 3.8) is 0 Å². The molecule has 6 heteroatoms. The molecule has 0 radical (unpaired) electrons. The molecule has 2 N–H and O–H groups in total. The molecule has 78 valence electrons. The van der Waals surface area contributed by atoms with Gasteiger partial charge in [0.2, 0.25) is 0 Å². The van der Waals surface area contributed by atoms with Crippen LogP contribution in [-0.2, 0) is 13.6 Å². The summed E-state index contributed by atoms with van der Waals surface area (Å²) in [5, 5.41) is 1.71. The molecule has 0 spiro atoms. The molecule has 2 aromatic rings. The third-order valence-electron chi connectivity index (χ3n) is 1.86. The minimum atomic E-state index is 0.417. The molecule has 0 aliphatic carbocycles. The molecule has 0 atom stereocenters. The smallest absolute Gasteiger partial charge is 0.174 e. The van der Waals surface area contributed by atoms with Crippen LogP contribution in [0.3, 0.4) is 0 Å². The molecule has 0 aromatic carbocycles. The molecule has 2 aromatic heterocycles. The topological polar surface area (TPSA) is 69.6 Å². The number of nitrogens with zero attached hydrogens (tertiary/aromatic N) is 4. The Morgan fingerprint density at radius 3 is 2.73 bits per heavy atom. The van der Waals surface area contributed by atoms with E-state index in [0.29, 0.717) is 6.54 Å². The molecule has 5 nitrogen and oxygen atoms in total. The second kappa shape index (κ2) is 4.41. The van der Waals surface area contributed by atoms with Crippen molar-refractivity contribution >= 4 is 11.8 Å². The Kier molecular flexibility index (Phi) is 2.98. The van der Waals surface area contributed by atoms with Crippen LogP contribution in [-0.4, -0.2) is 19.5 Å². The first-order valence-electron chi connectivity index (χ1n) is 4.46. The fourth-order valence-electron chi connectivity index (χ4n) is 1.04. The average Bonchev–Trinajstić information content (AvgIpc) is 2.66. The van der Waals surface area contributed by atoms with Gasteiger partial charge < -0.3 is 10.3 Å². The molecular weight excluding hydrogens is 210 g/mol. The van der Waals surface area contributed by atoms with Crippen LogP contribution in [0.25, 0.3) is 0 Å². The minimum Gasteiger partial charge on any atom is -0.329 e. The van der Waals surface area contributed by atoms with Gasteiger partial charge in [-0.3, -0.25) is 4.98 Å². The number of nitrogens with two attached hydrogens (primary N) is 1. The molecule has 0 aliphatic heterocycles. The van der Waals surface area contributed by atoms with E-state index in [2.05, 4.69) is 15.0 Å². The lowest BCUT2D eigenvalue weighted by atomic mass is 10.5. The highest BCUT2D eigenvalue weighted by atomic mass is 32.2. The van der Waals surface area contributed by atoms with Gasteiger partial charge in [0.1, 0.15) is 5.03 Å².